The summed E-state index contributed by atoms with van der Waals surface area (Å²) in [6, 6.07) is 3.81. The number of rotatable bonds is 11. The molecule has 0 amide bonds. The molecule has 190 valence electrons. The predicted molar refractivity (Wildman–Crippen MR) is 136 cm³/mol. The van der Waals surface area contributed by atoms with Crippen LogP contribution in [0.4, 0.5) is 5.82 Å². The van der Waals surface area contributed by atoms with Crippen LogP contribution in [-0.4, -0.2) is 72.6 Å². The van der Waals surface area contributed by atoms with Crippen molar-refractivity contribution >= 4 is 11.8 Å². The molecule has 4 aliphatic rings. The fourth-order valence-corrected chi connectivity index (χ4v) is 6.06. The van der Waals surface area contributed by atoms with Crippen LogP contribution in [0, 0.1) is 11.8 Å². The van der Waals surface area contributed by atoms with E-state index in [1.54, 1.807) is 7.11 Å². The van der Waals surface area contributed by atoms with E-state index in [2.05, 4.69) is 28.4 Å². The first-order chi connectivity index (χ1) is 17.1. The Morgan fingerprint density at radius 3 is 3.09 bits per heavy atom. The number of fused-ring (bicyclic) bond motifs is 1. The molecule has 1 saturated heterocycles. The fourth-order valence-electron chi connectivity index (χ4n) is 6.06. The van der Waals surface area contributed by atoms with Crippen molar-refractivity contribution in [2.45, 2.75) is 69.6 Å². The number of hydrogen-bond donors (Lipinski definition) is 2. The zero-order chi connectivity index (χ0) is 24.2. The number of aryl methyl sites for hydroxylation is 2. The average Bonchev–Trinajstić information content (AvgIpc) is 3.53. The van der Waals surface area contributed by atoms with Crippen LogP contribution in [0.5, 0.6) is 0 Å². The van der Waals surface area contributed by atoms with Gasteiger partial charge in [-0.25, -0.2) is 4.98 Å². The first kappa shape index (κ1) is 24.5. The number of ether oxygens (including phenoxy) is 2. The molecule has 0 aromatic carbocycles. The number of aliphatic carboxylic acids is 1. The summed E-state index contributed by atoms with van der Waals surface area (Å²) in [4.78, 5) is 19.3. The molecule has 0 radical (unpaired) electrons. The smallest absolute Gasteiger partial charge is 0.325 e. The summed E-state index contributed by atoms with van der Waals surface area (Å²) in [7, 11) is 1.75. The summed E-state index contributed by atoms with van der Waals surface area (Å²) in [5, 5.41) is 13.6. The molecule has 7 nitrogen and oxygen atoms in total. The average molecular weight is 482 g/mol. The molecule has 2 aliphatic heterocycles. The number of hydrogen-bond acceptors (Lipinski definition) is 6. The van der Waals surface area contributed by atoms with Crippen molar-refractivity contribution in [3.63, 3.8) is 0 Å². The van der Waals surface area contributed by atoms with E-state index in [9.17, 15) is 9.90 Å². The van der Waals surface area contributed by atoms with Gasteiger partial charge in [0, 0.05) is 39.0 Å². The molecule has 2 aliphatic carbocycles. The Balaban J connectivity index is 1.08. The molecule has 2 N–H and O–H groups in total. The van der Waals surface area contributed by atoms with Crippen molar-refractivity contribution in [3.05, 3.63) is 47.2 Å². The summed E-state index contributed by atoms with van der Waals surface area (Å²) in [6.07, 6.45) is 14.7. The van der Waals surface area contributed by atoms with Crippen LogP contribution in [0.2, 0.25) is 0 Å². The Hall–Kier alpha value is -2.22. The standard InChI is InChI=1S/C28H39N3O4/c1-34-25-17-24(25)22-9-2-3-10-23(22)26(28(32)33)31-15-13-21(18-31)35-16-5-4-8-20-12-11-19-7-6-14-29-27(19)30-20/h2-3,10-12,21-22,24-26H,4-9,13-18H2,1H3,(H,29,30)(H,32,33)/t21-,22?,24-,25-,26?/m1/s1. The lowest BCUT2D eigenvalue weighted by Gasteiger charge is -2.32. The molecule has 5 atom stereocenters. The molecule has 0 spiro atoms. The number of methoxy groups -OCH3 is 1. The zero-order valence-corrected chi connectivity index (χ0v) is 20.8. The van der Waals surface area contributed by atoms with Gasteiger partial charge in [-0.2, -0.15) is 0 Å². The van der Waals surface area contributed by atoms with Crippen molar-refractivity contribution in [1.29, 1.82) is 0 Å². The van der Waals surface area contributed by atoms with Crippen LogP contribution in [0.1, 0.15) is 49.8 Å². The van der Waals surface area contributed by atoms with Gasteiger partial charge >= 0.3 is 5.97 Å². The first-order valence-corrected chi connectivity index (χ1v) is 13.3. The molecular weight excluding hydrogens is 442 g/mol. The molecule has 1 aromatic heterocycles. The van der Waals surface area contributed by atoms with Crippen molar-refractivity contribution in [1.82, 2.24) is 9.88 Å². The van der Waals surface area contributed by atoms with Crippen LogP contribution >= 0.6 is 0 Å². The van der Waals surface area contributed by atoms with Crippen molar-refractivity contribution in [3.8, 4) is 0 Å². The van der Waals surface area contributed by atoms with Gasteiger partial charge in [0.2, 0.25) is 0 Å². The minimum atomic E-state index is -0.751. The number of unbranched alkanes of at least 4 members (excludes halogenated alkanes) is 1. The Labute approximate surface area is 208 Å². The lowest BCUT2D eigenvalue weighted by molar-refractivity contribution is -0.141. The number of nitrogens with zero attached hydrogens (tertiary/aromatic N) is 2. The molecule has 0 bridgehead atoms. The minimum Gasteiger partial charge on any atom is -0.480 e. The molecule has 7 heteroatoms. The van der Waals surface area contributed by atoms with Crippen LogP contribution in [0.15, 0.2) is 35.9 Å². The summed E-state index contributed by atoms with van der Waals surface area (Å²) in [6.45, 7) is 3.17. The maximum atomic E-state index is 12.4. The van der Waals surface area contributed by atoms with E-state index in [0.717, 1.165) is 75.1 Å². The van der Waals surface area contributed by atoms with E-state index in [1.807, 2.05) is 12.2 Å². The second-order valence-corrected chi connectivity index (χ2v) is 10.4. The maximum Gasteiger partial charge on any atom is 0.325 e. The third-order valence-corrected chi connectivity index (χ3v) is 8.07. The highest BCUT2D eigenvalue weighted by molar-refractivity contribution is 5.78. The predicted octanol–water partition coefficient (Wildman–Crippen LogP) is 3.84. The van der Waals surface area contributed by atoms with E-state index in [4.69, 9.17) is 14.5 Å². The van der Waals surface area contributed by atoms with Gasteiger partial charge in [0.1, 0.15) is 11.9 Å². The third-order valence-electron chi connectivity index (χ3n) is 8.07. The van der Waals surface area contributed by atoms with Gasteiger partial charge < -0.3 is 19.9 Å². The number of aromatic nitrogens is 1. The second kappa shape index (κ2) is 11.2. The zero-order valence-electron chi connectivity index (χ0n) is 20.8. The molecule has 3 heterocycles. The SMILES string of the molecule is CO[C@@H]1C[C@@H]1C1CC=CC=C1C(C(=O)O)N1CC[C@@H](OCCCCc2ccc3c(n2)NCCC3)C1. The number of pyridine rings is 1. The first-order valence-electron chi connectivity index (χ1n) is 13.3. The van der Waals surface area contributed by atoms with Crippen molar-refractivity contribution < 1.29 is 19.4 Å². The van der Waals surface area contributed by atoms with Crippen molar-refractivity contribution in [2.75, 3.05) is 38.7 Å². The summed E-state index contributed by atoms with van der Waals surface area (Å²) in [5.41, 5.74) is 3.51. The van der Waals surface area contributed by atoms with Crippen LogP contribution < -0.4 is 5.32 Å². The molecule has 2 unspecified atom stereocenters. The van der Waals surface area contributed by atoms with E-state index in [1.165, 1.54) is 12.0 Å². The van der Waals surface area contributed by atoms with Gasteiger partial charge in [-0.1, -0.05) is 24.3 Å². The van der Waals surface area contributed by atoms with E-state index in [0.29, 0.717) is 19.1 Å². The lowest BCUT2D eigenvalue weighted by atomic mass is 9.82. The molecule has 2 fully saturated rings. The van der Waals surface area contributed by atoms with Gasteiger partial charge in [0.05, 0.1) is 12.2 Å². The van der Waals surface area contributed by atoms with E-state index < -0.39 is 12.0 Å². The van der Waals surface area contributed by atoms with Crippen LogP contribution in [0.3, 0.4) is 0 Å². The number of anilines is 1. The number of nitrogens with one attached hydrogen (secondary N) is 1. The maximum absolute atomic E-state index is 12.4. The van der Waals surface area contributed by atoms with Crippen molar-refractivity contribution in [2.24, 2.45) is 11.8 Å². The Bertz CT molecular complexity index is 962. The highest BCUT2D eigenvalue weighted by Gasteiger charge is 2.48. The van der Waals surface area contributed by atoms with Crippen LogP contribution in [0.25, 0.3) is 0 Å². The summed E-state index contributed by atoms with van der Waals surface area (Å²) >= 11 is 0. The minimum absolute atomic E-state index is 0.105. The number of carboxylic acid groups (broad SMARTS) is 1. The lowest BCUT2D eigenvalue weighted by Crippen LogP contribution is -2.44. The molecule has 1 aromatic rings. The molecule has 1 saturated carbocycles. The van der Waals surface area contributed by atoms with E-state index in [-0.39, 0.29) is 18.1 Å². The van der Waals surface area contributed by atoms with Gasteiger partial charge in [-0.05, 0) is 80.4 Å². The van der Waals surface area contributed by atoms with Gasteiger partial charge in [-0.15, -0.1) is 0 Å². The highest BCUT2D eigenvalue weighted by atomic mass is 16.5. The monoisotopic (exact) mass is 481 g/mol. The molecular formula is C28H39N3O4. The van der Waals surface area contributed by atoms with Gasteiger partial charge in [0.15, 0.2) is 0 Å². The quantitative estimate of drug-likeness (QED) is 0.465. The molecule has 5 rings (SSSR count). The fraction of sp³-hybridized carbons (Fsp3) is 0.643. The third kappa shape index (κ3) is 5.79. The summed E-state index contributed by atoms with van der Waals surface area (Å²) < 4.78 is 11.7. The van der Waals surface area contributed by atoms with Gasteiger partial charge in [0.25, 0.3) is 0 Å². The number of allylic oxidation sites excluding steroid dienone is 3. The largest absolute Gasteiger partial charge is 0.480 e. The van der Waals surface area contributed by atoms with Crippen LogP contribution in [-0.2, 0) is 27.1 Å². The number of carbonyl (C=O) groups is 1. The Morgan fingerprint density at radius 1 is 1.34 bits per heavy atom. The highest BCUT2D eigenvalue weighted by Crippen LogP contribution is 2.47. The Morgan fingerprint density at radius 2 is 2.26 bits per heavy atom. The number of likely N-dealkylation sites (tertiary alicyclic amines) is 1. The molecule has 35 heavy (non-hydrogen) atoms. The summed E-state index contributed by atoms with van der Waals surface area (Å²) in [5.74, 6) is 1.01. The van der Waals surface area contributed by atoms with Gasteiger partial charge in [-0.3, -0.25) is 9.69 Å². The Kier molecular flexibility index (Phi) is 7.85. The number of carboxylic acids is 1. The second-order valence-electron chi connectivity index (χ2n) is 10.4. The van der Waals surface area contributed by atoms with E-state index >= 15 is 0 Å². The normalized spacial score (nSPS) is 28.8. The topological polar surface area (TPSA) is 83.9 Å².